The van der Waals surface area contributed by atoms with Gasteiger partial charge in [-0.3, -0.25) is 9.59 Å². The summed E-state index contributed by atoms with van der Waals surface area (Å²) in [6.07, 6.45) is 3.85. The average molecular weight is 421 g/mol. The van der Waals surface area contributed by atoms with Gasteiger partial charge in [-0.2, -0.15) is 0 Å². The van der Waals surface area contributed by atoms with Crippen LogP contribution >= 0.6 is 11.6 Å². The highest BCUT2D eigenvalue weighted by atomic mass is 35.5. The van der Waals surface area contributed by atoms with Crippen LogP contribution in [-0.2, 0) is 20.9 Å². The van der Waals surface area contributed by atoms with Crippen molar-refractivity contribution in [1.82, 2.24) is 14.5 Å². The largest absolute Gasteiger partial charge is 0.490 e. The highest BCUT2D eigenvalue weighted by Crippen LogP contribution is 2.25. The number of primary amides is 1. The lowest BCUT2D eigenvalue weighted by Gasteiger charge is -2.42. The first kappa shape index (κ1) is 21.1. The van der Waals surface area contributed by atoms with Crippen molar-refractivity contribution in [2.24, 2.45) is 5.73 Å². The Kier molecular flexibility index (Phi) is 6.76. The summed E-state index contributed by atoms with van der Waals surface area (Å²) < 4.78 is 13.7. The molecule has 1 unspecified atom stereocenters. The van der Waals surface area contributed by atoms with Gasteiger partial charge in [0, 0.05) is 36.9 Å². The monoisotopic (exact) mass is 420 g/mol. The first-order chi connectivity index (χ1) is 13.9. The van der Waals surface area contributed by atoms with Crippen LogP contribution in [0.15, 0.2) is 36.7 Å². The summed E-state index contributed by atoms with van der Waals surface area (Å²) in [5, 5.41) is 0.600. The molecule has 0 aliphatic carbocycles. The zero-order chi connectivity index (χ0) is 20.9. The maximum Gasteiger partial charge on any atom is 0.224 e. The molecule has 1 saturated heterocycles. The van der Waals surface area contributed by atoms with Gasteiger partial charge in [-0.15, -0.1) is 0 Å². The lowest BCUT2D eigenvalue weighted by molar-refractivity contribution is -0.161. The number of amides is 2. The third kappa shape index (κ3) is 5.71. The Balaban J connectivity index is 1.64. The molecule has 8 nitrogen and oxygen atoms in total. The number of morpholine rings is 1. The highest BCUT2D eigenvalue weighted by molar-refractivity contribution is 6.30. The van der Waals surface area contributed by atoms with E-state index in [1.54, 1.807) is 35.4 Å². The fourth-order valence-corrected chi connectivity index (χ4v) is 3.51. The van der Waals surface area contributed by atoms with E-state index in [2.05, 4.69) is 4.98 Å². The third-order valence-electron chi connectivity index (χ3n) is 4.90. The van der Waals surface area contributed by atoms with Crippen LogP contribution in [0.2, 0.25) is 5.02 Å². The van der Waals surface area contributed by atoms with E-state index >= 15 is 0 Å². The second-order valence-electron chi connectivity index (χ2n) is 7.15. The van der Waals surface area contributed by atoms with Crippen LogP contribution in [0.1, 0.15) is 18.7 Å². The number of nitrogens with two attached hydrogens (primary N) is 1. The van der Waals surface area contributed by atoms with Crippen molar-refractivity contribution in [1.29, 1.82) is 0 Å². The molecule has 2 heterocycles. The number of ether oxygens (including phenoxy) is 2. The molecule has 0 bridgehead atoms. The van der Waals surface area contributed by atoms with Crippen LogP contribution in [0.3, 0.4) is 0 Å². The predicted molar refractivity (Wildman–Crippen MR) is 108 cm³/mol. The second-order valence-corrected chi connectivity index (χ2v) is 7.59. The second kappa shape index (κ2) is 9.28. The molecule has 1 aromatic heterocycles. The molecule has 2 aromatic rings. The Hall–Kier alpha value is -2.58. The molecule has 0 radical (unpaired) electrons. The van der Waals surface area contributed by atoms with Crippen molar-refractivity contribution < 1.29 is 19.1 Å². The number of carbonyl (C=O) groups excluding carboxylic acids is 2. The van der Waals surface area contributed by atoms with Crippen LogP contribution in [0.4, 0.5) is 0 Å². The Bertz CT molecular complexity index is 854. The first-order valence-electron chi connectivity index (χ1n) is 9.43. The van der Waals surface area contributed by atoms with Gasteiger partial charge >= 0.3 is 0 Å². The zero-order valence-electron chi connectivity index (χ0n) is 16.3. The van der Waals surface area contributed by atoms with Crippen LogP contribution < -0.4 is 10.5 Å². The highest BCUT2D eigenvalue weighted by Gasteiger charge is 2.40. The Morgan fingerprint density at radius 2 is 2.10 bits per heavy atom. The molecule has 9 heteroatoms. The number of hydrogen-bond acceptors (Lipinski definition) is 5. The molecule has 156 valence electrons. The van der Waals surface area contributed by atoms with Gasteiger partial charge in [0.05, 0.1) is 19.6 Å². The van der Waals surface area contributed by atoms with Crippen molar-refractivity contribution in [3.05, 3.63) is 47.5 Å². The third-order valence-corrected chi connectivity index (χ3v) is 5.16. The van der Waals surface area contributed by atoms with Gasteiger partial charge in [0.2, 0.25) is 11.8 Å². The summed E-state index contributed by atoms with van der Waals surface area (Å²) in [5.74, 6) is 0.940. The van der Waals surface area contributed by atoms with E-state index in [1.165, 1.54) is 0 Å². The fraction of sp³-hybridized carbons (Fsp3) is 0.450. The molecule has 1 aliphatic rings. The molecule has 1 aromatic carbocycles. The number of imidazole rings is 1. The van der Waals surface area contributed by atoms with E-state index in [0.29, 0.717) is 36.9 Å². The normalized spacial score (nSPS) is 19.2. The van der Waals surface area contributed by atoms with E-state index in [-0.39, 0.29) is 25.5 Å². The number of nitrogens with zero attached hydrogens (tertiary/aromatic N) is 3. The smallest absolute Gasteiger partial charge is 0.224 e. The Morgan fingerprint density at radius 3 is 2.76 bits per heavy atom. The van der Waals surface area contributed by atoms with Gasteiger partial charge in [-0.25, -0.2) is 4.98 Å². The maximum atomic E-state index is 12.8. The van der Waals surface area contributed by atoms with Gasteiger partial charge < -0.3 is 24.7 Å². The quantitative estimate of drug-likeness (QED) is 0.701. The lowest BCUT2D eigenvalue weighted by atomic mass is 9.97. The molecule has 1 fully saturated rings. The van der Waals surface area contributed by atoms with E-state index in [4.69, 9.17) is 26.8 Å². The van der Waals surface area contributed by atoms with Crippen LogP contribution in [0, 0.1) is 6.92 Å². The molecule has 1 aliphatic heterocycles. The number of benzene rings is 1. The van der Waals surface area contributed by atoms with Crippen molar-refractivity contribution in [2.45, 2.75) is 31.9 Å². The predicted octanol–water partition coefficient (Wildman–Crippen LogP) is 1.79. The minimum absolute atomic E-state index is 0.0123. The van der Waals surface area contributed by atoms with E-state index < -0.39 is 11.5 Å². The zero-order valence-corrected chi connectivity index (χ0v) is 17.1. The summed E-state index contributed by atoms with van der Waals surface area (Å²) in [7, 11) is 0. The summed E-state index contributed by atoms with van der Waals surface area (Å²) >= 11 is 5.90. The Morgan fingerprint density at radius 1 is 1.34 bits per heavy atom. The molecular formula is C20H25ClN4O4. The van der Waals surface area contributed by atoms with Gasteiger partial charge in [-0.1, -0.05) is 11.6 Å². The van der Waals surface area contributed by atoms with Gasteiger partial charge in [-0.05, 0) is 31.2 Å². The molecule has 29 heavy (non-hydrogen) atoms. The first-order valence-corrected chi connectivity index (χ1v) is 9.81. The van der Waals surface area contributed by atoms with Crippen molar-refractivity contribution in [3.63, 3.8) is 0 Å². The number of aromatic nitrogens is 2. The maximum absolute atomic E-state index is 12.8. The van der Waals surface area contributed by atoms with E-state index in [9.17, 15) is 9.59 Å². The SMILES string of the molecule is Cc1nccn1CCC(=O)N1CCOC(COc2ccc(Cl)cc2)(CC(N)=O)C1. The minimum Gasteiger partial charge on any atom is -0.490 e. The molecule has 1 atom stereocenters. The summed E-state index contributed by atoms with van der Waals surface area (Å²) in [5.41, 5.74) is 4.47. The molecule has 0 saturated carbocycles. The van der Waals surface area contributed by atoms with Crippen molar-refractivity contribution >= 4 is 23.4 Å². The van der Waals surface area contributed by atoms with E-state index in [1.807, 2.05) is 17.7 Å². The molecule has 2 amide bonds. The molecule has 0 spiro atoms. The van der Waals surface area contributed by atoms with Crippen LogP contribution in [0.25, 0.3) is 0 Å². The average Bonchev–Trinajstić information content (AvgIpc) is 3.10. The molecular weight excluding hydrogens is 396 g/mol. The van der Waals surface area contributed by atoms with E-state index in [0.717, 1.165) is 5.82 Å². The standard InChI is InChI=1S/C20H25ClN4O4/c1-15-23-7-9-24(15)8-6-19(27)25-10-11-29-20(13-25,12-18(22)26)14-28-17-4-2-16(21)3-5-17/h2-5,7,9H,6,8,10-14H2,1H3,(H2,22,26). The molecule has 3 rings (SSSR count). The number of halogens is 1. The van der Waals surface area contributed by atoms with Gasteiger partial charge in [0.15, 0.2) is 0 Å². The topological polar surface area (TPSA) is 99.7 Å². The minimum atomic E-state index is -0.982. The summed E-state index contributed by atoms with van der Waals surface area (Å²) in [4.78, 5) is 30.3. The van der Waals surface area contributed by atoms with Crippen LogP contribution in [0.5, 0.6) is 5.75 Å². The number of rotatable bonds is 8. The number of carbonyl (C=O) groups is 2. The van der Waals surface area contributed by atoms with Gasteiger partial charge in [0.25, 0.3) is 0 Å². The number of aryl methyl sites for hydroxylation is 2. The van der Waals surface area contributed by atoms with Gasteiger partial charge in [0.1, 0.15) is 23.8 Å². The molecule has 2 N–H and O–H groups in total. The summed E-state index contributed by atoms with van der Waals surface area (Å²) in [6, 6.07) is 6.90. The van der Waals surface area contributed by atoms with Crippen LogP contribution in [-0.4, -0.2) is 58.2 Å². The fourth-order valence-electron chi connectivity index (χ4n) is 3.38. The number of hydrogen-bond donors (Lipinski definition) is 1. The lowest BCUT2D eigenvalue weighted by Crippen LogP contribution is -2.58. The Labute approximate surface area is 174 Å². The summed E-state index contributed by atoms with van der Waals surface area (Å²) in [6.45, 7) is 3.56. The van der Waals surface area contributed by atoms with Crippen molar-refractivity contribution in [3.8, 4) is 5.75 Å². The van der Waals surface area contributed by atoms with Crippen molar-refractivity contribution in [2.75, 3.05) is 26.3 Å².